The van der Waals surface area contributed by atoms with Gasteiger partial charge in [-0.3, -0.25) is 9.36 Å². The van der Waals surface area contributed by atoms with Crippen LogP contribution < -0.4 is 11.2 Å². The van der Waals surface area contributed by atoms with E-state index in [1.807, 2.05) is 35.8 Å². The molecule has 4 aromatic rings. The first-order chi connectivity index (χ1) is 15.5. The second-order valence-corrected chi connectivity index (χ2v) is 7.97. The van der Waals surface area contributed by atoms with Crippen molar-refractivity contribution in [3.05, 3.63) is 62.9 Å². The monoisotopic (exact) mass is 436 g/mol. The lowest BCUT2D eigenvalue weighted by Gasteiger charge is -2.11. The minimum absolute atomic E-state index is 0.0857. The number of nitrogens with zero attached hydrogens (tertiary/aromatic N) is 6. The van der Waals surface area contributed by atoms with Crippen molar-refractivity contribution >= 4 is 11.2 Å². The van der Waals surface area contributed by atoms with Gasteiger partial charge in [0.15, 0.2) is 11.2 Å². The molecule has 0 N–H and O–H groups in total. The molecule has 9 heteroatoms. The summed E-state index contributed by atoms with van der Waals surface area (Å²) >= 11 is 0. The molecule has 0 unspecified atom stereocenters. The number of hydrogen-bond acceptors (Lipinski definition) is 6. The van der Waals surface area contributed by atoms with E-state index in [2.05, 4.69) is 29.0 Å². The molecular formula is C23H28N6O3. The number of benzene rings is 1. The molecule has 4 rings (SSSR count). The number of imidazole rings is 1. The summed E-state index contributed by atoms with van der Waals surface area (Å²) in [6.07, 6.45) is 5.30. The molecule has 3 heterocycles. The van der Waals surface area contributed by atoms with E-state index < -0.39 is 5.69 Å². The summed E-state index contributed by atoms with van der Waals surface area (Å²) in [6.45, 7) is 7.20. The quantitative estimate of drug-likeness (QED) is 0.399. The molecule has 0 fully saturated rings. The Balaban J connectivity index is 1.79. The third-order valence-corrected chi connectivity index (χ3v) is 5.62. The van der Waals surface area contributed by atoms with Gasteiger partial charge in [-0.05, 0) is 25.3 Å². The fourth-order valence-corrected chi connectivity index (χ4v) is 3.78. The Hall–Kier alpha value is -3.49. The molecule has 168 valence electrons. The highest BCUT2D eigenvalue weighted by atomic mass is 16.5. The molecule has 0 aliphatic heterocycles. The highest BCUT2D eigenvalue weighted by Gasteiger charge is 2.20. The Morgan fingerprint density at radius 2 is 1.75 bits per heavy atom. The molecule has 9 nitrogen and oxygen atoms in total. The van der Waals surface area contributed by atoms with E-state index in [1.54, 1.807) is 10.9 Å². The Kier molecular flexibility index (Phi) is 6.34. The summed E-state index contributed by atoms with van der Waals surface area (Å²) in [5.41, 5.74) is 1.94. The van der Waals surface area contributed by atoms with Crippen LogP contribution >= 0.6 is 0 Å². The molecule has 3 aromatic heterocycles. The van der Waals surface area contributed by atoms with Crippen molar-refractivity contribution in [2.45, 2.75) is 66.1 Å². The molecule has 0 spiro atoms. The summed E-state index contributed by atoms with van der Waals surface area (Å²) < 4.78 is 10.0. The van der Waals surface area contributed by atoms with Crippen molar-refractivity contribution in [1.29, 1.82) is 0 Å². The van der Waals surface area contributed by atoms with Crippen LogP contribution in [0, 0.1) is 6.92 Å². The molecule has 0 atom stereocenters. The van der Waals surface area contributed by atoms with Gasteiger partial charge in [0.25, 0.3) is 5.56 Å². The van der Waals surface area contributed by atoms with Crippen LogP contribution in [0.15, 0.2) is 44.7 Å². The molecule has 0 aliphatic carbocycles. The molecule has 0 amide bonds. The topological polar surface area (TPSA) is 101 Å². The Morgan fingerprint density at radius 1 is 1.00 bits per heavy atom. The fraction of sp³-hybridized carbons (Fsp3) is 0.435. The second-order valence-electron chi connectivity index (χ2n) is 7.97. The second kappa shape index (κ2) is 9.33. The maximum Gasteiger partial charge on any atom is 0.333 e. The van der Waals surface area contributed by atoms with E-state index in [1.165, 1.54) is 4.57 Å². The van der Waals surface area contributed by atoms with E-state index in [4.69, 9.17) is 4.52 Å². The van der Waals surface area contributed by atoms with Crippen molar-refractivity contribution in [3.63, 3.8) is 0 Å². The predicted molar refractivity (Wildman–Crippen MR) is 122 cm³/mol. The van der Waals surface area contributed by atoms with E-state index in [9.17, 15) is 9.59 Å². The zero-order valence-corrected chi connectivity index (χ0v) is 18.7. The van der Waals surface area contributed by atoms with Gasteiger partial charge in [0.2, 0.25) is 11.7 Å². The van der Waals surface area contributed by atoms with Gasteiger partial charge in [-0.25, -0.2) is 14.3 Å². The number of aryl methyl sites for hydroxylation is 3. The van der Waals surface area contributed by atoms with Crippen LogP contribution in [-0.2, 0) is 19.6 Å². The van der Waals surface area contributed by atoms with Gasteiger partial charge in [-0.15, -0.1) is 0 Å². The summed E-state index contributed by atoms with van der Waals surface area (Å²) in [5, 5.41) is 4.06. The SMILES string of the molecule is CCCCn1cnc2c1c(=O)n(Cc1nc(-c3ccccc3C)no1)c(=O)n2CCCC. The van der Waals surface area contributed by atoms with Gasteiger partial charge in [-0.2, -0.15) is 4.98 Å². The maximum atomic E-state index is 13.4. The first-order valence-electron chi connectivity index (χ1n) is 11.1. The van der Waals surface area contributed by atoms with E-state index in [-0.39, 0.29) is 18.0 Å². The van der Waals surface area contributed by atoms with Crippen molar-refractivity contribution in [1.82, 2.24) is 28.8 Å². The van der Waals surface area contributed by atoms with Crippen LogP contribution in [0.4, 0.5) is 0 Å². The zero-order chi connectivity index (χ0) is 22.7. The van der Waals surface area contributed by atoms with E-state index in [0.717, 1.165) is 36.8 Å². The summed E-state index contributed by atoms with van der Waals surface area (Å²) in [5.74, 6) is 0.648. The highest BCUT2D eigenvalue weighted by Crippen LogP contribution is 2.20. The zero-order valence-electron chi connectivity index (χ0n) is 18.7. The molecule has 0 saturated carbocycles. The van der Waals surface area contributed by atoms with Gasteiger partial charge in [0, 0.05) is 18.7 Å². The summed E-state index contributed by atoms with van der Waals surface area (Å²) in [6, 6.07) is 7.72. The first kappa shape index (κ1) is 21.7. The lowest BCUT2D eigenvalue weighted by molar-refractivity contribution is 0.366. The standard InChI is InChI=1S/C23H28N6O3/c1-4-6-12-27-15-24-21-19(27)22(30)29(23(31)28(21)13-7-5-2)14-18-25-20(26-32-18)17-11-9-8-10-16(17)3/h8-11,15H,4-7,12-14H2,1-3H3. The lowest BCUT2D eigenvalue weighted by Crippen LogP contribution is -2.41. The lowest BCUT2D eigenvalue weighted by atomic mass is 10.1. The Morgan fingerprint density at radius 3 is 2.50 bits per heavy atom. The number of fused-ring (bicyclic) bond motifs is 1. The van der Waals surface area contributed by atoms with E-state index in [0.29, 0.717) is 30.1 Å². The number of hydrogen-bond donors (Lipinski definition) is 0. The molecular weight excluding hydrogens is 408 g/mol. The molecule has 0 bridgehead atoms. The Bertz CT molecular complexity index is 1340. The molecule has 1 aromatic carbocycles. The van der Waals surface area contributed by atoms with Crippen LogP contribution in [0.2, 0.25) is 0 Å². The van der Waals surface area contributed by atoms with Gasteiger partial charge >= 0.3 is 5.69 Å². The average Bonchev–Trinajstić information content (AvgIpc) is 3.43. The normalized spacial score (nSPS) is 11.5. The van der Waals surface area contributed by atoms with Crippen molar-refractivity contribution in [2.75, 3.05) is 0 Å². The first-order valence-corrected chi connectivity index (χ1v) is 11.1. The number of aromatic nitrogens is 6. The van der Waals surface area contributed by atoms with Crippen molar-refractivity contribution in [2.24, 2.45) is 0 Å². The van der Waals surface area contributed by atoms with Crippen LogP contribution in [0.25, 0.3) is 22.6 Å². The van der Waals surface area contributed by atoms with Crippen LogP contribution in [-0.4, -0.2) is 28.8 Å². The summed E-state index contributed by atoms with van der Waals surface area (Å²) in [7, 11) is 0. The Labute approximate surface area is 185 Å². The molecule has 0 radical (unpaired) electrons. The largest absolute Gasteiger partial charge is 0.337 e. The van der Waals surface area contributed by atoms with E-state index >= 15 is 0 Å². The molecule has 32 heavy (non-hydrogen) atoms. The summed E-state index contributed by atoms with van der Waals surface area (Å²) in [4.78, 5) is 35.5. The third kappa shape index (κ3) is 4.02. The number of rotatable bonds is 9. The predicted octanol–water partition coefficient (Wildman–Crippen LogP) is 3.37. The van der Waals surface area contributed by atoms with Crippen LogP contribution in [0.3, 0.4) is 0 Å². The van der Waals surface area contributed by atoms with Gasteiger partial charge in [-0.1, -0.05) is 56.1 Å². The van der Waals surface area contributed by atoms with Gasteiger partial charge in [0.1, 0.15) is 6.54 Å². The number of unbranched alkanes of at least 4 members (excludes halogenated alkanes) is 2. The fourth-order valence-electron chi connectivity index (χ4n) is 3.78. The third-order valence-electron chi connectivity index (χ3n) is 5.62. The van der Waals surface area contributed by atoms with Gasteiger partial charge in [0.05, 0.1) is 6.33 Å². The van der Waals surface area contributed by atoms with Crippen LogP contribution in [0.5, 0.6) is 0 Å². The molecule has 0 saturated heterocycles. The average molecular weight is 437 g/mol. The van der Waals surface area contributed by atoms with Crippen LogP contribution in [0.1, 0.15) is 51.0 Å². The van der Waals surface area contributed by atoms with Gasteiger partial charge < -0.3 is 9.09 Å². The maximum absolute atomic E-state index is 13.4. The highest BCUT2D eigenvalue weighted by molar-refractivity contribution is 5.70. The van der Waals surface area contributed by atoms with Crippen molar-refractivity contribution < 1.29 is 4.52 Å². The van der Waals surface area contributed by atoms with Crippen molar-refractivity contribution in [3.8, 4) is 11.4 Å². The smallest absolute Gasteiger partial charge is 0.333 e. The minimum atomic E-state index is -0.410. The minimum Gasteiger partial charge on any atom is -0.337 e. The molecule has 0 aliphatic rings.